The Bertz CT molecular complexity index is 428. The molecule has 2 rings (SSSR count). The van der Waals surface area contributed by atoms with Gasteiger partial charge in [0.1, 0.15) is 5.92 Å². The average Bonchev–Trinajstić information content (AvgIpc) is 2.31. The lowest BCUT2D eigenvalue weighted by atomic mass is 9.95. The molecule has 1 aromatic heterocycles. The topological polar surface area (TPSA) is 56.0 Å². The van der Waals surface area contributed by atoms with Crippen molar-refractivity contribution in [1.29, 1.82) is 0 Å². The van der Waals surface area contributed by atoms with E-state index < -0.39 is 5.92 Å². The number of hydrogen-bond acceptors (Lipinski definition) is 2. The van der Waals surface area contributed by atoms with Crippen molar-refractivity contribution < 1.29 is 4.79 Å². The number of primary amides is 1. The Morgan fingerprint density at radius 2 is 1.75 bits per heavy atom. The number of rotatable bonds is 3. The van der Waals surface area contributed by atoms with Crippen molar-refractivity contribution in [3.05, 3.63) is 66.0 Å². The summed E-state index contributed by atoms with van der Waals surface area (Å²) in [5.41, 5.74) is 6.97. The van der Waals surface area contributed by atoms with Crippen LogP contribution in [0.3, 0.4) is 0 Å². The molecule has 0 saturated carbocycles. The summed E-state index contributed by atoms with van der Waals surface area (Å²) in [7, 11) is 0. The summed E-state index contributed by atoms with van der Waals surface area (Å²) in [5, 5.41) is 0. The van der Waals surface area contributed by atoms with Gasteiger partial charge in [0.15, 0.2) is 0 Å². The van der Waals surface area contributed by atoms with Gasteiger partial charge < -0.3 is 5.73 Å². The highest BCUT2D eigenvalue weighted by atomic mass is 16.1. The van der Waals surface area contributed by atoms with Crippen molar-refractivity contribution >= 4 is 5.91 Å². The van der Waals surface area contributed by atoms with E-state index in [2.05, 4.69) is 4.98 Å². The zero-order valence-electron chi connectivity index (χ0n) is 8.71. The van der Waals surface area contributed by atoms with E-state index in [1.807, 2.05) is 48.5 Å². The third-order valence-electron chi connectivity index (χ3n) is 2.40. The third-order valence-corrected chi connectivity index (χ3v) is 2.40. The van der Waals surface area contributed by atoms with Crippen molar-refractivity contribution in [2.24, 2.45) is 5.73 Å². The molecule has 1 heterocycles. The van der Waals surface area contributed by atoms with Gasteiger partial charge in [-0.2, -0.15) is 0 Å². The van der Waals surface area contributed by atoms with E-state index >= 15 is 0 Å². The summed E-state index contributed by atoms with van der Waals surface area (Å²) in [6.07, 6.45) is 1.66. The molecule has 0 fully saturated rings. The molecule has 16 heavy (non-hydrogen) atoms. The van der Waals surface area contributed by atoms with Crippen LogP contribution in [0.4, 0.5) is 0 Å². The molecule has 0 spiro atoms. The maximum Gasteiger partial charge on any atom is 0.231 e. The molecule has 0 radical (unpaired) electrons. The van der Waals surface area contributed by atoms with Gasteiger partial charge in [-0.05, 0) is 17.7 Å². The molecule has 0 saturated heterocycles. The molecule has 2 N–H and O–H groups in total. The molecule has 1 amide bonds. The Kier molecular flexibility index (Phi) is 2.96. The Morgan fingerprint density at radius 1 is 1.06 bits per heavy atom. The number of nitrogens with zero attached hydrogens (tertiary/aromatic N) is 1. The van der Waals surface area contributed by atoms with Gasteiger partial charge in [-0.3, -0.25) is 9.78 Å². The van der Waals surface area contributed by atoms with E-state index in [-0.39, 0.29) is 5.91 Å². The van der Waals surface area contributed by atoms with E-state index in [0.717, 1.165) is 5.56 Å². The number of pyridine rings is 1. The third kappa shape index (κ3) is 2.08. The Hall–Kier alpha value is -2.16. The minimum atomic E-state index is -0.470. The summed E-state index contributed by atoms with van der Waals surface area (Å²) in [6.45, 7) is 0. The minimum absolute atomic E-state index is 0.384. The summed E-state index contributed by atoms with van der Waals surface area (Å²) in [6, 6.07) is 14.9. The highest BCUT2D eigenvalue weighted by Gasteiger charge is 2.20. The maximum absolute atomic E-state index is 11.5. The predicted octanol–water partition coefficient (Wildman–Crippen LogP) is 1.70. The molecule has 80 valence electrons. The van der Waals surface area contributed by atoms with Gasteiger partial charge in [-0.1, -0.05) is 36.4 Å². The van der Waals surface area contributed by atoms with Crippen LogP contribution in [0.5, 0.6) is 0 Å². The fraction of sp³-hybridized carbons (Fsp3) is 0.0769. The van der Waals surface area contributed by atoms with Crippen molar-refractivity contribution in [1.82, 2.24) is 4.98 Å². The van der Waals surface area contributed by atoms with Gasteiger partial charge in [0.05, 0.1) is 5.69 Å². The molecule has 3 heteroatoms. The summed E-state index contributed by atoms with van der Waals surface area (Å²) >= 11 is 0. The smallest absolute Gasteiger partial charge is 0.231 e. The quantitative estimate of drug-likeness (QED) is 0.841. The fourth-order valence-electron chi connectivity index (χ4n) is 1.67. The van der Waals surface area contributed by atoms with Gasteiger partial charge in [0.25, 0.3) is 0 Å². The van der Waals surface area contributed by atoms with Crippen LogP contribution in [0.25, 0.3) is 0 Å². The van der Waals surface area contributed by atoms with Crippen LogP contribution in [-0.2, 0) is 4.79 Å². The second kappa shape index (κ2) is 4.57. The van der Waals surface area contributed by atoms with Gasteiger partial charge in [-0.15, -0.1) is 0 Å². The first-order valence-electron chi connectivity index (χ1n) is 5.04. The lowest BCUT2D eigenvalue weighted by Crippen LogP contribution is -2.23. The van der Waals surface area contributed by atoms with Crippen LogP contribution in [-0.4, -0.2) is 10.9 Å². The molecule has 2 aromatic rings. The van der Waals surface area contributed by atoms with Crippen LogP contribution in [0.2, 0.25) is 0 Å². The molecule has 1 aromatic carbocycles. The second-order valence-corrected chi connectivity index (χ2v) is 3.50. The molecule has 0 unspecified atom stereocenters. The van der Waals surface area contributed by atoms with E-state index in [9.17, 15) is 4.79 Å². The number of benzene rings is 1. The number of carbonyl (C=O) groups is 1. The van der Waals surface area contributed by atoms with E-state index in [4.69, 9.17) is 5.73 Å². The van der Waals surface area contributed by atoms with Gasteiger partial charge in [0.2, 0.25) is 5.91 Å². The Morgan fingerprint density at radius 3 is 2.31 bits per heavy atom. The summed E-state index contributed by atoms with van der Waals surface area (Å²) in [5.74, 6) is -0.854. The minimum Gasteiger partial charge on any atom is -0.369 e. The summed E-state index contributed by atoms with van der Waals surface area (Å²) in [4.78, 5) is 15.7. The molecule has 0 bridgehead atoms. The molecule has 3 nitrogen and oxygen atoms in total. The van der Waals surface area contributed by atoms with Gasteiger partial charge in [0, 0.05) is 6.20 Å². The zero-order valence-corrected chi connectivity index (χ0v) is 8.71. The van der Waals surface area contributed by atoms with Crippen molar-refractivity contribution in [3.8, 4) is 0 Å². The highest BCUT2D eigenvalue weighted by Crippen LogP contribution is 2.21. The number of nitrogens with two attached hydrogens (primary N) is 1. The Balaban J connectivity index is 2.44. The monoisotopic (exact) mass is 212 g/mol. The lowest BCUT2D eigenvalue weighted by Gasteiger charge is -2.12. The normalized spacial score (nSPS) is 12.0. The Labute approximate surface area is 93.9 Å². The first-order valence-corrected chi connectivity index (χ1v) is 5.04. The lowest BCUT2D eigenvalue weighted by molar-refractivity contribution is -0.118. The van der Waals surface area contributed by atoms with Gasteiger partial charge in [-0.25, -0.2) is 0 Å². The number of hydrogen-bond donors (Lipinski definition) is 1. The van der Waals surface area contributed by atoms with E-state index in [1.54, 1.807) is 6.20 Å². The molecule has 0 aliphatic heterocycles. The van der Waals surface area contributed by atoms with Crippen molar-refractivity contribution in [2.45, 2.75) is 5.92 Å². The zero-order chi connectivity index (χ0) is 11.4. The standard InChI is InChI=1S/C13H12N2O/c14-13(16)12(10-6-2-1-3-7-10)11-8-4-5-9-15-11/h1-9,12H,(H2,14,16)/t12-/m0/s1. The molecule has 0 aliphatic carbocycles. The fourth-order valence-corrected chi connectivity index (χ4v) is 1.67. The largest absolute Gasteiger partial charge is 0.369 e. The number of carbonyl (C=O) groups excluding carboxylic acids is 1. The number of aromatic nitrogens is 1. The molecular formula is C13H12N2O. The van der Waals surface area contributed by atoms with Crippen LogP contribution in [0, 0.1) is 0 Å². The van der Waals surface area contributed by atoms with E-state index in [0.29, 0.717) is 5.69 Å². The van der Waals surface area contributed by atoms with E-state index in [1.165, 1.54) is 0 Å². The first-order chi connectivity index (χ1) is 7.79. The highest BCUT2D eigenvalue weighted by molar-refractivity contribution is 5.85. The number of amides is 1. The molecular weight excluding hydrogens is 200 g/mol. The SMILES string of the molecule is NC(=O)[C@@H](c1ccccc1)c1ccccn1. The maximum atomic E-state index is 11.5. The predicted molar refractivity (Wildman–Crippen MR) is 61.7 cm³/mol. The van der Waals surface area contributed by atoms with Crippen LogP contribution < -0.4 is 5.73 Å². The van der Waals surface area contributed by atoms with Crippen LogP contribution in [0.1, 0.15) is 17.2 Å². The molecule has 1 atom stereocenters. The second-order valence-electron chi connectivity index (χ2n) is 3.50. The average molecular weight is 212 g/mol. The first kappa shape index (κ1) is 10.4. The van der Waals surface area contributed by atoms with Crippen molar-refractivity contribution in [3.63, 3.8) is 0 Å². The molecule has 0 aliphatic rings. The van der Waals surface area contributed by atoms with Crippen molar-refractivity contribution in [2.75, 3.05) is 0 Å². The van der Waals surface area contributed by atoms with Gasteiger partial charge >= 0.3 is 0 Å². The van der Waals surface area contributed by atoms with Crippen LogP contribution in [0.15, 0.2) is 54.7 Å². The summed E-state index contributed by atoms with van der Waals surface area (Å²) < 4.78 is 0. The van der Waals surface area contributed by atoms with Crippen LogP contribution >= 0.6 is 0 Å².